The molecule has 0 aliphatic heterocycles. The predicted molar refractivity (Wildman–Crippen MR) is 526 cm³/mol. The first kappa shape index (κ1) is 102. The second-order valence-corrected chi connectivity index (χ2v) is 31.9. The van der Waals surface area contributed by atoms with Gasteiger partial charge in [0.25, 0.3) is 0 Å². The van der Waals surface area contributed by atoms with Crippen molar-refractivity contribution in [3.63, 3.8) is 0 Å². The Labute approximate surface area is 810 Å². The van der Waals surface area contributed by atoms with Crippen LogP contribution in [0.1, 0.15) is 84.6 Å². The number of carbonyl (C=O) groups is 7. The number of esters is 7. The summed E-state index contributed by atoms with van der Waals surface area (Å²) in [5.41, 5.74) is 6.95. The molecule has 0 fully saturated rings. The minimum Gasteiger partial charge on any atom is -0.497 e. The van der Waals surface area contributed by atoms with Gasteiger partial charge in [-0.2, -0.15) is 0 Å². The zero-order valence-corrected chi connectivity index (χ0v) is 79.4. The number of methoxy groups -OCH3 is 2. The fraction of sp³-hybridized carbons (Fsp3) is 0.157. The van der Waals surface area contributed by atoms with Gasteiger partial charge in [-0.3, -0.25) is 33.6 Å². The van der Waals surface area contributed by atoms with Crippen LogP contribution in [0.15, 0.2) is 298 Å². The van der Waals surface area contributed by atoms with E-state index in [1.807, 2.05) is 39.8 Å². The summed E-state index contributed by atoms with van der Waals surface area (Å²) in [4.78, 5) is 177. The standard InChI is InChI=1S/C20H19NO5.C18H13NO6.C18H15NO5.C18H15NO4.C17H13NO5.C17H13NO4/c1-12(2)11-24-16-8-9-18-17(10-16)20(23)26-19(21-18)14-4-6-15(7-5-14)25-13(3)22;1-10(20)23-12-7-8-15-14(9-12)18(22)25-17(19-15)13-5-3-4-6-16(13)24-11(2)21;1-10-7-14(22-3)9-15-16(10)19-17(24-18(15)21)12-5-4-6-13(8-12)23-11(2)20;1-10-4-6-15-14(8-10)18(21)23-17(19-15)13-5-7-16(11(2)9-13)22-12(3)20;1-10(19)22-12-5-3-11(4-6-12)16-18-15-8-7-13(21-2)9-14(15)17(20)23-16;1-10-6-7-15-14(8-10)17(20)22-16(18-15)12-4-3-5-13(9-12)21-11(2)19/h4-10,12H,11H2,1-3H3;3-9H,1-2H3;4-9H,1-3H3;4-9H,1-3H3;3-9H,1-2H3;3-9H,1-2H3. The highest BCUT2D eigenvalue weighted by Crippen LogP contribution is 2.35. The molecule has 724 valence electrons. The van der Waals surface area contributed by atoms with E-state index in [-0.39, 0.29) is 58.2 Å². The summed E-state index contributed by atoms with van der Waals surface area (Å²) in [6.45, 7) is 21.3. The highest BCUT2D eigenvalue weighted by Gasteiger charge is 2.21. The normalized spacial score (nSPS) is 10.7. The van der Waals surface area contributed by atoms with Crippen LogP contribution in [0.2, 0.25) is 0 Å². The van der Waals surface area contributed by atoms with E-state index in [0.717, 1.165) is 22.3 Å². The van der Waals surface area contributed by atoms with E-state index in [4.69, 9.17) is 73.9 Å². The Bertz CT molecular complexity index is 8350. The van der Waals surface area contributed by atoms with Gasteiger partial charge in [0.15, 0.2) is 0 Å². The molecule has 18 rings (SSSR count). The van der Waals surface area contributed by atoms with Gasteiger partial charge in [-0.25, -0.2) is 58.7 Å². The molecule has 0 atom stereocenters. The third-order valence-corrected chi connectivity index (χ3v) is 20.0. The van der Waals surface area contributed by atoms with Gasteiger partial charge in [0.1, 0.15) is 57.5 Å². The summed E-state index contributed by atoms with van der Waals surface area (Å²) in [7, 11) is 3.06. The molecule has 0 saturated heterocycles. The number of carbonyl (C=O) groups excluding carboxylic acids is 7. The Kier molecular flexibility index (Phi) is 32.6. The maximum Gasteiger partial charge on any atom is 0.347 e. The molecule has 6 aromatic heterocycles. The largest absolute Gasteiger partial charge is 0.497 e. The van der Waals surface area contributed by atoms with Gasteiger partial charge in [-0.15, -0.1) is 0 Å². The quantitative estimate of drug-likeness (QED) is 0.0568. The van der Waals surface area contributed by atoms with Crippen LogP contribution in [0.3, 0.4) is 0 Å². The lowest BCUT2D eigenvalue weighted by molar-refractivity contribution is -0.132. The zero-order chi connectivity index (χ0) is 103. The van der Waals surface area contributed by atoms with E-state index in [2.05, 4.69) is 43.8 Å². The number of rotatable bonds is 18. The number of aryl methyl sites for hydroxylation is 4. The summed E-state index contributed by atoms with van der Waals surface area (Å²) in [6, 6.07) is 67.1. The van der Waals surface area contributed by atoms with Crippen LogP contribution in [0.5, 0.6) is 57.5 Å². The third-order valence-electron chi connectivity index (χ3n) is 20.0. The summed E-state index contributed by atoms with van der Waals surface area (Å²) < 4.78 is 82.9. The second kappa shape index (κ2) is 45.9. The molecule has 35 nitrogen and oxygen atoms in total. The number of benzene rings is 12. The van der Waals surface area contributed by atoms with Crippen LogP contribution in [-0.2, 0) is 33.6 Å². The maximum atomic E-state index is 12.3. The van der Waals surface area contributed by atoms with Gasteiger partial charge in [0.2, 0.25) is 35.3 Å². The first-order chi connectivity index (χ1) is 68.4. The van der Waals surface area contributed by atoms with Crippen LogP contribution in [0, 0.1) is 33.6 Å². The topological polar surface area (TPSA) is 470 Å². The molecular weight excluding hydrogens is 1850 g/mol. The van der Waals surface area contributed by atoms with E-state index in [0.29, 0.717) is 152 Å². The Morgan fingerprint density at radius 2 is 0.587 bits per heavy atom. The van der Waals surface area contributed by atoms with Crippen molar-refractivity contribution in [1.29, 1.82) is 0 Å². The summed E-state index contributed by atoms with van der Waals surface area (Å²) in [6.07, 6.45) is 0. The van der Waals surface area contributed by atoms with Crippen molar-refractivity contribution in [2.45, 2.75) is 90.0 Å². The highest BCUT2D eigenvalue weighted by atomic mass is 16.6. The van der Waals surface area contributed by atoms with Crippen LogP contribution >= 0.6 is 0 Å². The first-order valence-corrected chi connectivity index (χ1v) is 43.6. The number of para-hydroxylation sites is 1. The molecule has 0 N–H and O–H groups in total. The van der Waals surface area contributed by atoms with E-state index < -0.39 is 69.6 Å². The van der Waals surface area contributed by atoms with Crippen LogP contribution < -0.4 is 81.1 Å². The van der Waals surface area contributed by atoms with Crippen LogP contribution in [0.25, 0.3) is 134 Å². The maximum absolute atomic E-state index is 12.3. The average Bonchev–Trinajstić information content (AvgIpc) is 0.786. The lowest BCUT2D eigenvalue weighted by atomic mass is 10.1. The van der Waals surface area contributed by atoms with Crippen molar-refractivity contribution in [1.82, 2.24) is 29.9 Å². The molecule has 35 heteroatoms. The van der Waals surface area contributed by atoms with E-state index in [1.165, 1.54) is 74.8 Å². The Balaban J connectivity index is 0.000000144. The van der Waals surface area contributed by atoms with Gasteiger partial charge in [0.05, 0.1) is 91.8 Å². The SMILES string of the molecule is CC(=O)Oc1ccc(-c2nc3ccc(C)cc3c(=O)o2)cc1C.CC(=O)Oc1ccc(-c2nc3ccc(OCC(C)C)cc3c(=O)o2)cc1.CC(=O)Oc1ccc2nc(-c3ccccc3OC(C)=O)oc(=O)c2c1.CC(=O)Oc1cccc(-c2nc3ccc(C)cc3c(=O)o2)c1.COc1cc(C)c2nc(-c3cccc(OC(C)=O)c3)oc(=O)c2c1.COc1ccc2nc(-c3ccc(OC(C)=O)cc3)oc(=O)c2c1. The average molecular weight is 1930 g/mol. The smallest absolute Gasteiger partial charge is 0.347 e. The molecular formula is C108H88N6O29. The zero-order valence-electron chi connectivity index (χ0n) is 79.4. The summed E-state index contributed by atoms with van der Waals surface area (Å²) >= 11 is 0. The molecule has 0 radical (unpaired) electrons. The lowest BCUT2D eigenvalue weighted by Gasteiger charge is -2.09. The molecule has 0 bridgehead atoms. The molecule has 0 amide bonds. The minimum absolute atomic E-state index is 0.0228. The fourth-order valence-electron chi connectivity index (χ4n) is 13.7. The first-order valence-electron chi connectivity index (χ1n) is 43.6. The fourth-order valence-corrected chi connectivity index (χ4v) is 13.7. The van der Waals surface area contributed by atoms with Crippen LogP contribution in [-0.4, -0.2) is 92.5 Å². The highest BCUT2D eigenvalue weighted by molar-refractivity contribution is 5.88. The van der Waals surface area contributed by atoms with E-state index in [1.54, 1.807) is 218 Å². The van der Waals surface area contributed by atoms with E-state index in [9.17, 15) is 62.3 Å². The number of nitrogens with zero attached hydrogens (tertiary/aromatic N) is 6. The second-order valence-electron chi connectivity index (χ2n) is 31.9. The third kappa shape index (κ3) is 26.9. The van der Waals surface area contributed by atoms with Crippen molar-refractivity contribution in [3.05, 3.63) is 327 Å². The Hall–Kier alpha value is -18.8. The van der Waals surface area contributed by atoms with Crippen LogP contribution in [0.4, 0.5) is 0 Å². The number of ether oxygens (including phenoxy) is 10. The van der Waals surface area contributed by atoms with Gasteiger partial charge < -0.3 is 73.9 Å². The van der Waals surface area contributed by atoms with Gasteiger partial charge in [0, 0.05) is 76.3 Å². The number of fused-ring (bicyclic) bond motifs is 6. The van der Waals surface area contributed by atoms with Crippen molar-refractivity contribution < 1.29 is 107 Å². The van der Waals surface area contributed by atoms with Gasteiger partial charge in [-0.1, -0.05) is 61.4 Å². The molecule has 6 heterocycles. The Morgan fingerprint density at radius 3 is 1.01 bits per heavy atom. The van der Waals surface area contributed by atoms with E-state index >= 15 is 0 Å². The molecule has 0 spiro atoms. The van der Waals surface area contributed by atoms with Gasteiger partial charge >= 0.3 is 75.5 Å². The van der Waals surface area contributed by atoms with Crippen molar-refractivity contribution in [3.8, 4) is 126 Å². The molecule has 143 heavy (non-hydrogen) atoms. The molecule has 0 unspecified atom stereocenters. The van der Waals surface area contributed by atoms with Crippen molar-refractivity contribution in [2.75, 3.05) is 20.8 Å². The summed E-state index contributed by atoms with van der Waals surface area (Å²) in [5.74, 6) is 2.60. The number of hydrogen-bond acceptors (Lipinski definition) is 35. The Morgan fingerprint density at radius 1 is 0.266 bits per heavy atom. The number of hydrogen-bond donors (Lipinski definition) is 0. The van der Waals surface area contributed by atoms with Gasteiger partial charge in [-0.05, 0) is 251 Å². The van der Waals surface area contributed by atoms with Crippen molar-refractivity contribution >= 4 is 107 Å². The molecule has 12 aromatic carbocycles. The minimum atomic E-state index is -0.647. The lowest BCUT2D eigenvalue weighted by Crippen LogP contribution is -2.07. The molecule has 18 aromatic rings. The molecule has 0 aliphatic carbocycles. The number of aromatic nitrogens is 6. The monoisotopic (exact) mass is 1930 g/mol. The summed E-state index contributed by atoms with van der Waals surface area (Å²) in [5, 5.41) is 2.15. The predicted octanol–water partition coefficient (Wildman–Crippen LogP) is 18.9. The molecule has 0 saturated carbocycles. The molecule has 0 aliphatic rings. The van der Waals surface area contributed by atoms with Crippen molar-refractivity contribution in [2.24, 2.45) is 5.92 Å².